The van der Waals surface area contributed by atoms with Gasteiger partial charge in [-0.1, -0.05) is 15.9 Å². The lowest BCUT2D eigenvalue weighted by Gasteiger charge is -2.18. The molecule has 2 rings (SSSR count). The predicted octanol–water partition coefficient (Wildman–Crippen LogP) is 2.87. The molecule has 0 aliphatic carbocycles. The lowest BCUT2D eigenvalue weighted by Crippen LogP contribution is -2.31. The Kier molecular flexibility index (Phi) is 5.20. The second-order valence-corrected chi connectivity index (χ2v) is 6.76. The molecule has 1 aromatic heterocycles. The van der Waals surface area contributed by atoms with Crippen molar-refractivity contribution in [2.45, 2.75) is 20.3 Å². The summed E-state index contributed by atoms with van der Waals surface area (Å²) >= 11 is 3.37. The topological polar surface area (TPSA) is 84.2 Å². The van der Waals surface area contributed by atoms with E-state index in [9.17, 15) is 9.59 Å². The number of benzene rings is 1. The first-order valence-electron chi connectivity index (χ1n) is 7.12. The molecule has 0 fully saturated rings. The molecule has 1 amide bonds. The maximum absolute atomic E-state index is 12.1. The number of carboxylic acid groups (broad SMARTS) is 1. The first-order valence-corrected chi connectivity index (χ1v) is 7.91. The zero-order valence-electron chi connectivity index (χ0n) is 12.9. The molecule has 0 aliphatic heterocycles. The fourth-order valence-electron chi connectivity index (χ4n) is 1.87. The van der Waals surface area contributed by atoms with E-state index in [-0.39, 0.29) is 5.91 Å². The first kappa shape index (κ1) is 17.2. The van der Waals surface area contributed by atoms with E-state index in [1.54, 1.807) is 24.7 Å². The van der Waals surface area contributed by atoms with Crippen LogP contribution in [0.15, 0.2) is 41.1 Å². The average molecular weight is 380 g/mol. The number of amides is 1. The third-order valence-corrected chi connectivity index (χ3v) is 4.08. The summed E-state index contributed by atoms with van der Waals surface area (Å²) in [5.41, 5.74) is 0.412. The van der Waals surface area contributed by atoms with Gasteiger partial charge >= 0.3 is 5.97 Å². The summed E-state index contributed by atoms with van der Waals surface area (Å²) in [5.74, 6) is -1.15. The quantitative estimate of drug-likeness (QED) is 0.807. The molecule has 7 heteroatoms. The van der Waals surface area contributed by atoms with Gasteiger partial charge in [0, 0.05) is 17.2 Å². The van der Waals surface area contributed by atoms with Crippen LogP contribution in [0, 0.1) is 5.41 Å². The fourth-order valence-corrected chi connectivity index (χ4v) is 2.14. The SMILES string of the molecule is CC(C)(CCNC(=O)c1cnn(-c2ccc(Br)cc2)c1)C(=O)O. The van der Waals surface area contributed by atoms with Gasteiger partial charge in [-0.15, -0.1) is 0 Å². The summed E-state index contributed by atoms with van der Waals surface area (Å²) in [6, 6.07) is 7.55. The second kappa shape index (κ2) is 6.95. The number of rotatable bonds is 6. The molecule has 0 atom stereocenters. The molecule has 0 bridgehead atoms. The van der Waals surface area contributed by atoms with E-state index in [1.807, 2.05) is 24.3 Å². The molecule has 0 spiro atoms. The Morgan fingerprint density at radius 1 is 1.30 bits per heavy atom. The van der Waals surface area contributed by atoms with Crippen LogP contribution in [0.1, 0.15) is 30.6 Å². The molecular formula is C16H18BrN3O3. The van der Waals surface area contributed by atoms with Crippen molar-refractivity contribution < 1.29 is 14.7 Å². The second-order valence-electron chi connectivity index (χ2n) is 5.84. The van der Waals surface area contributed by atoms with Crippen molar-refractivity contribution in [3.8, 4) is 5.69 Å². The maximum Gasteiger partial charge on any atom is 0.309 e. The van der Waals surface area contributed by atoms with Gasteiger partial charge in [-0.05, 0) is 44.5 Å². The third-order valence-electron chi connectivity index (χ3n) is 3.55. The number of carboxylic acids is 1. The Hall–Kier alpha value is -2.15. The summed E-state index contributed by atoms with van der Waals surface area (Å²) in [6.45, 7) is 3.56. The van der Waals surface area contributed by atoms with E-state index in [0.29, 0.717) is 18.5 Å². The maximum atomic E-state index is 12.1. The molecule has 0 aliphatic rings. The molecular weight excluding hydrogens is 362 g/mol. The Morgan fingerprint density at radius 2 is 1.96 bits per heavy atom. The molecule has 122 valence electrons. The van der Waals surface area contributed by atoms with Gasteiger partial charge in [0.15, 0.2) is 0 Å². The van der Waals surface area contributed by atoms with Crippen molar-refractivity contribution in [2.75, 3.05) is 6.54 Å². The zero-order valence-corrected chi connectivity index (χ0v) is 14.5. The number of nitrogens with zero attached hydrogens (tertiary/aromatic N) is 2. The number of carbonyl (C=O) groups is 2. The third kappa shape index (κ3) is 4.41. The van der Waals surface area contributed by atoms with E-state index >= 15 is 0 Å². The van der Waals surface area contributed by atoms with Gasteiger partial charge in [0.25, 0.3) is 5.91 Å². The Balaban J connectivity index is 1.96. The zero-order chi connectivity index (χ0) is 17.0. The standard InChI is InChI=1S/C16H18BrN3O3/c1-16(2,15(22)23)7-8-18-14(21)11-9-19-20(10-11)13-5-3-12(17)4-6-13/h3-6,9-10H,7-8H2,1-2H3,(H,18,21)(H,22,23). The summed E-state index contributed by atoms with van der Waals surface area (Å²) in [4.78, 5) is 23.1. The van der Waals surface area contributed by atoms with Gasteiger partial charge in [-0.2, -0.15) is 5.10 Å². The van der Waals surface area contributed by atoms with Crippen LogP contribution in [0.25, 0.3) is 5.69 Å². The highest BCUT2D eigenvalue weighted by Crippen LogP contribution is 2.19. The number of carbonyl (C=O) groups excluding carboxylic acids is 1. The molecule has 2 aromatic rings. The first-order chi connectivity index (χ1) is 10.8. The van der Waals surface area contributed by atoms with Crippen molar-refractivity contribution in [3.05, 3.63) is 46.7 Å². The van der Waals surface area contributed by atoms with E-state index in [2.05, 4.69) is 26.3 Å². The van der Waals surface area contributed by atoms with Crippen LogP contribution >= 0.6 is 15.9 Å². The number of hydrogen-bond acceptors (Lipinski definition) is 3. The van der Waals surface area contributed by atoms with Gasteiger partial charge < -0.3 is 10.4 Å². The van der Waals surface area contributed by atoms with Gasteiger partial charge in [0.05, 0.1) is 22.9 Å². The molecule has 0 saturated carbocycles. The minimum absolute atomic E-state index is 0.269. The van der Waals surface area contributed by atoms with Crippen molar-refractivity contribution in [3.63, 3.8) is 0 Å². The minimum atomic E-state index is -0.880. The molecule has 1 heterocycles. The lowest BCUT2D eigenvalue weighted by atomic mass is 9.90. The van der Waals surface area contributed by atoms with Crippen LogP contribution in [0.2, 0.25) is 0 Å². The molecule has 0 radical (unpaired) electrons. The summed E-state index contributed by atoms with van der Waals surface area (Å²) in [7, 11) is 0. The largest absolute Gasteiger partial charge is 0.481 e. The molecule has 6 nitrogen and oxygen atoms in total. The van der Waals surface area contributed by atoms with Crippen molar-refractivity contribution in [2.24, 2.45) is 5.41 Å². The number of aromatic nitrogens is 2. The smallest absolute Gasteiger partial charge is 0.309 e. The number of aliphatic carboxylic acids is 1. The highest BCUT2D eigenvalue weighted by atomic mass is 79.9. The van der Waals surface area contributed by atoms with E-state index in [0.717, 1.165) is 10.2 Å². The van der Waals surface area contributed by atoms with Gasteiger partial charge in [0.2, 0.25) is 0 Å². The average Bonchev–Trinajstić information content (AvgIpc) is 2.97. The van der Waals surface area contributed by atoms with Crippen LogP contribution in [0.3, 0.4) is 0 Å². The van der Waals surface area contributed by atoms with Gasteiger partial charge in [0.1, 0.15) is 0 Å². The van der Waals surface area contributed by atoms with E-state index in [4.69, 9.17) is 5.11 Å². The highest BCUT2D eigenvalue weighted by Gasteiger charge is 2.26. The van der Waals surface area contributed by atoms with Crippen LogP contribution in [-0.2, 0) is 4.79 Å². The normalized spacial score (nSPS) is 11.3. The molecule has 2 N–H and O–H groups in total. The highest BCUT2D eigenvalue weighted by molar-refractivity contribution is 9.10. The Morgan fingerprint density at radius 3 is 2.57 bits per heavy atom. The van der Waals surface area contributed by atoms with E-state index < -0.39 is 11.4 Å². The van der Waals surface area contributed by atoms with Gasteiger partial charge in [-0.25, -0.2) is 4.68 Å². The number of hydrogen-bond donors (Lipinski definition) is 2. The molecule has 1 aromatic carbocycles. The summed E-state index contributed by atoms with van der Waals surface area (Å²) in [5, 5.41) is 15.9. The van der Waals surface area contributed by atoms with Crippen LogP contribution < -0.4 is 5.32 Å². The molecule has 23 heavy (non-hydrogen) atoms. The van der Waals surface area contributed by atoms with E-state index in [1.165, 1.54) is 6.20 Å². The van der Waals surface area contributed by atoms with Crippen molar-refractivity contribution in [1.82, 2.24) is 15.1 Å². The molecule has 0 unspecified atom stereocenters. The fraction of sp³-hybridized carbons (Fsp3) is 0.312. The van der Waals surface area contributed by atoms with Crippen LogP contribution in [0.4, 0.5) is 0 Å². The minimum Gasteiger partial charge on any atom is -0.481 e. The number of halogens is 1. The van der Waals surface area contributed by atoms with Crippen molar-refractivity contribution >= 4 is 27.8 Å². The summed E-state index contributed by atoms with van der Waals surface area (Å²) in [6.07, 6.45) is 3.48. The van der Waals surface area contributed by atoms with Crippen LogP contribution in [-0.4, -0.2) is 33.3 Å². The molecule has 0 saturated heterocycles. The Bertz CT molecular complexity index is 708. The summed E-state index contributed by atoms with van der Waals surface area (Å²) < 4.78 is 2.58. The van der Waals surface area contributed by atoms with Gasteiger partial charge in [-0.3, -0.25) is 9.59 Å². The van der Waals surface area contributed by atoms with Crippen molar-refractivity contribution in [1.29, 1.82) is 0 Å². The number of nitrogens with one attached hydrogen (secondary N) is 1. The monoisotopic (exact) mass is 379 g/mol. The van der Waals surface area contributed by atoms with Crippen LogP contribution in [0.5, 0.6) is 0 Å². The Labute approximate surface area is 142 Å². The lowest BCUT2D eigenvalue weighted by molar-refractivity contribution is -0.147. The predicted molar refractivity (Wildman–Crippen MR) is 89.6 cm³/mol.